The van der Waals surface area contributed by atoms with Crippen molar-refractivity contribution in [2.24, 2.45) is 5.92 Å². The normalized spacial score (nSPS) is 24.4. The summed E-state index contributed by atoms with van der Waals surface area (Å²) >= 11 is 2.11. The van der Waals surface area contributed by atoms with Gasteiger partial charge in [0.15, 0.2) is 0 Å². The van der Waals surface area contributed by atoms with E-state index >= 15 is 0 Å². The summed E-state index contributed by atoms with van der Waals surface area (Å²) in [7, 11) is 0. The Morgan fingerprint density at radius 1 is 1.27 bits per heavy atom. The molecule has 0 aromatic heterocycles. The molecule has 1 saturated heterocycles. The molecular formula is C13H27NS. The third kappa shape index (κ3) is 6.47. The first-order valence-corrected chi connectivity index (χ1v) is 7.67. The molecule has 1 rings (SSSR count). The number of nitrogens with one attached hydrogen (secondary N) is 1. The monoisotopic (exact) mass is 229 g/mol. The topological polar surface area (TPSA) is 12.0 Å². The summed E-state index contributed by atoms with van der Waals surface area (Å²) in [5.74, 6) is 3.57. The molecule has 1 heterocycles. The molecule has 0 amide bonds. The number of rotatable bonds is 6. The van der Waals surface area contributed by atoms with Crippen LogP contribution in [0.4, 0.5) is 0 Å². The molecule has 1 aliphatic heterocycles. The van der Waals surface area contributed by atoms with Crippen molar-refractivity contribution in [2.75, 3.05) is 11.5 Å². The Hall–Kier alpha value is 0.310. The highest BCUT2D eigenvalue weighted by molar-refractivity contribution is 7.99. The third-order valence-electron chi connectivity index (χ3n) is 3.10. The van der Waals surface area contributed by atoms with Crippen LogP contribution >= 0.6 is 11.8 Å². The first kappa shape index (κ1) is 13.4. The molecule has 0 aromatic carbocycles. The minimum Gasteiger partial charge on any atom is -0.311 e. The molecule has 1 aliphatic rings. The van der Waals surface area contributed by atoms with E-state index in [0.29, 0.717) is 6.04 Å². The van der Waals surface area contributed by atoms with Crippen LogP contribution in [0.1, 0.15) is 52.9 Å². The van der Waals surface area contributed by atoms with E-state index in [1.54, 1.807) is 0 Å². The molecule has 2 atom stereocenters. The van der Waals surface area contributed by atoms with E-state index in [1.807, 2.05) is 0 Å². The second-order valence-corrected chi connectivity index (χ2v) is 6.46. The van der Waals surface area contributed by atoms with Crippen LogP contribution in [0.5, 0.6) is 0 Å². The van der Waals surface area contributed by atoms with Gasteiger partial charge < -0.3 is 5.32 Å². The van der Waals surface area contributed by atoms with E-state index in [1.165, 1.54) is 43.6 Å². The maximum atomic E-state index is 3.77. The zero-order valence-electron chi connectivity index (χ0n) is 10.6. The summed E-state index contributed by atoms with van der Waals surface area (Å²) in [6.07, 6.45) is 6.90. The van der Waals surface area contributed by atoms with Crippen molar-refractivity contribution < 1.29 is 0 Å². The van der Waals surface area contributed by atoms with E-state index < -0.39 is 0 Å². The fraction of sp³-hybridized carbons (Fsp3) is 1.00. The fourth-order valence-corrected chi connectivity index (χ4v) is 3.28. The Labute approximate surface area is 99.8 Å². The van der Waals surface area contributed by atoms with Gasteiger partial charge >= 0.3 is 0 Å². The molecule has 15 heavy (non-hydrogen) atoms. The second kappa shape index (κ2) is 7.56. The average molecular weight is 229 g/mol. The van der Waals surface area contributed by atoms with E-state index in [4.69, 9.17) is 0 Å². The Kier molecular flexibility index (Phi) is 6.74. The van der Waals surface area contributed by atoms with Gasteiger partial charge in [0.25, 0.3) is 0 Å². The minimum atomic E-state index is 0.715. The molecule has 0 bridgehead atoms. The quantitative estimate of drug-likeness (QED) is 0.745. The maximum absolute atomic E-state index is 3.77. The molecule has 2 heteroatoms. The number of thioether (sulfide) groups is 1. The van der Waals surface area contributed by atoms with Crippen molar-refractivity contribution in [3.05, 3.63) is 0 Å². The molecule has 1 nitrogen and oxygen atoms in total. The van der Waals surface area contributed by atoms with Crippen molar-refractivity contribution >= 4 is 11.8 Å². The zero-order chi connectivity index (χ0) is 11.1. The fourth-order valence-electron chi connectivity index (χ4n) is 2.19. The average Bonchev–Trinajstić information content (AvgIpc) is 2.18. The lowest BCUT2D eigenvalue weighted by atomic mass is 10.0. The van der Waals surface area contributed by atoms with Crippen molar-refractivity contribution in [1.82, 2.24) is 5.32 Å². The van der Waals surface area contributed by atoms with Gasteiger partial charge in [-0.05, 0) is 37.9 Å². The SMILES string of the molecule is CC(C)CCC[C@H](C)N[C@@H]1CCCSC1. The molecule has 0 aromatic rings. The standard InChI is InChI=1S/C13H27NS/c1-11(2)6-4-7-12(3)14-13-8-5-9-15-10-13/h11-14H,4-10H2,1-3H3/t12-,13+/m0/s1. The molecule has 1 fully saturated rings. The summed E-state index contributed by atoms with van der Waals surface area (Å²) in [4.78, 5) is 0. The van der Waals surface area contributed by atoms with Crippen molar-refractivity contribution in [2.45, 2.75) is 65.0 Å². The first-order chi connectivity index (χ1) is 7.18. The van der Waals surface area contributed by atoms with Crippen LogP contribution in [-0.4, -0.2) is 23.6 Å². The minimum absolute atomic E-state index is 0.715. The summed E-state index contributed by atoms with van der Waals surface area (Å²) < 4.78 is 0. The van der Waals surface area contributed by atoms with Crippen LogP contribution in [-0.2, 0) is 0 Å². The van der Waals surface area contributed by atoms with Crippen molar-refractivity contribution in [1.29, 1.82) is 0 Å². The molecule has 0 spiro atoms. The van der Waals surface area contributed by atoms with E-state index in [-0.39, 0.29) is 0 Å². The lowest BCUT2D eigenvalue weighted by Gasteiger charge is -2.26. The van der Waals surface area contributed by atoms with Crippen LogP contribution < -0.4 is 5.32 Å². The highest BCUT2D eigenvalue weighted by Crippen LogP contribution is 2.18. The van der Waals surface area contributed by atoms with Gasteiger partial charge in [0.05, 0.1) is 0 Å². The summed E-state index contributed by atoms with van der Waals surface area (Å²) in [5, 5.41) is 3.77. The lowest BCUT2D eigenvalue weighted by molar-refractivity contribution is 0.404. The zero-order valence-corrected chi connectivity index (χ0v) is 11.4. The van der Waals surface area contributed by atoms with Crippen LogP contribution in [0.2, 0.25) is 0 Å². The van der Waals surface area contributed by atoms with Gasteiger partial charge in [-0.2, -0.15) is 11.8 Å². The Balaban J connectivity index is 2.03. The smallest absolute Gasteiger partial charge is 0.0160 e. The highest BCUT2D eigenvalue weighted by atomic mass is 32.2. The van der Waals surface area contributed by atoms with Crippen molar-refractivity contribution in [3.8, 4) is 0 Å². The second-order valence-electron chi connectivity index (χ2n) is 5.31. The summed E-state index contributed by atoms with van der Waals surface area (Å²) in [6.45, 7) is 6.98. The van der Waals surface area contributed by atoms with E-state index in [9.17, 15) is 0 Å². The van der Waals surface area contributed by atoms with E-state index in [0.717, 1.165) is 12.0 Å². The Morgan fingerprint density at radius 2 is 2.07 bits per heavy atom. The van der Waals surface area contributed by atoms with Gasteiger partial charge in [0.1, 0.15) is 0 Å². The molecule has 1 N–H and O–H groups in total. The van der Waals surface area contributed by atoms with Crippen LogP contribution in [0.3, 0.4) is 0 Å². The van der Waals surface area contributed by atoms with Crippen LogP contribution in [0, 0.1) is 5.92 Å². The molecule has 0 unspecified atom stereocenters. The highest BCUT2D eigenvalue weighted by Gasteiger charge is 2.15. The molecule has 90 valence electrons. The largest absolute Gasteiger partial charge is 0.311 e. The molecule has 0 saturated carbocycles. The van der Waals surface area contributed by atoms with Gasteiger partial charge in [-0.1, -0.05) is 26.7 Å². The molecular weight excluding hydrogens is 202 g/mol. The Morgan fingerprint density at radius 3 is 2.67 bits per heavy atom. The van der Waals surface area contributed by atoms with Crippen molar-refractivity contribution in [3.63, 3.8) is 0 Å². The van der Waals surface area contributed by atoms with E-state index in [2.05, 4.69) is 37.8 Å². The van der Waals surface area contributed by atoms with Crippen LogP contribution in [0.25, 0.3) is 0 Å². The summed E-state index contributed by atoms with van der Waals surface area (Å²) in [6, 6.07) is 1.50. The number of hydrogen-bond donors (Lipinski definition) is 1. The van der Waals surface area contributed by atoms with Gasteiger partial charge in [0.2, 0.25) is 0 Å². The maximum Gasteiger partial charge on any atom is 0.0160 e. The van der Waals surface area contributed by atoms with Gasteiger partial charge in [0, 0.05) is 17.8 Å². The van der Waals surface area contributed by atoms with Crippen LogP contribution in [0.15, 0.2) is 0 Å². The third-order valence-corrected chi connectivity index (χ3v) is 4.31. The predicted octanol–water partition coefficient (Wildman–Crippen LogP) is 3.69. The summed E-state index contributed by atoms with van der Waals surface area (Å²) in [5.41, 5.74) is 0. The van der Waals surface area contributed by atoms with Gasteiger partial charge in [-0.25, -0.2) is 0 Å². The van der Waals surface area contributed by atoms with Gasteiger partial charge in [-0.3, -0.25) is 0 Å². The lowest BCUT2D eigenvalue weighted by Crippen LogP contribution is -2.39. The van der Waals surface area contributed by atoms with Gasteiger partial charge in [-0.15, -0.1) is 0 Å². The predicted molar refractivity (Wildman–Crippen MR) is 71.6 cm³/mol. The molecule has 0 aliphatic carbocycles. The Bertz CT molecular complexity index is 153. The first-order valence-electron chi connectivity index (χ1n) is 6.52. The number of hydrogen-bond acceptors (Lipinski definition) is 2. The molecule has 0 radical (unpaired) electrons.